The lowest BCUT2D eigenvalue weighted by molar-refractivity contribution is 0.217. The van der Waals surface area contributed by atoms with Crippen LogP contribution in [0.15, 0.2) is 118 Å². The fourth-order valence-corrected chi connectivity index (χ4v) is 2.99. The second-order valence-electron chi connectivity index (χ2n) is 7.76. The zero-order valence-corrected chi connectivity index (χ0v) is 19.3. The Balaban J connectivity index is 1.19. The molecule has 34 heavy (non-hydrogen) atoms. The van der Waals surface area contributed by atoms with Gasteiger partial charge in [0.2, 0.25) is 0 Å². The Hall–Kier alpha value is -4.32. The Morgan fingerprint density at radius 2 is 0.676 bits per heavy atom. The Morgan fingerprint density at radius 3 is 0.971 bits per heavy atom. The smallest absolute Gasteiger partial charge is 0.122 e. The van der Waals surface area contributed by atoms with E-state index in [1.807, 2.05) is 111 Å². The molecule has 0 aromatic heterocycles. The van der Waals surface area contributed by atoms with Crippen molar-refractivity contribution in [2.75, 3.05) is 13.2 Å². The summed E-state index contributed by atoms with van der Waals surface area (Å²) in [5, 5.41) is 17.0. The molecule has 0 bridgehead atoms. The van der Waals surface area contributed by atoms with Crippen molar-refractivity contribution in [3.63, 3.8) is 0 Å². The van der Waals surface area contributed by atoms with Crippen LogP contribution in [-0.2, 0) is 0 Å². The van der Waals surface area contributed by atoms with Crippen LogP contribution in [0.2, 0.25) is 0 Å². The first-order chi connectivity index (χ1) is 16.6. The number of aryl methyl sites for hydroxylation is 2. The largest absolute Gasteiger partial charge is 0.490 e. The van der Waals surface area contributed by atoms with Crippen LogP contribution in [-0.4, -0.2) is 13.2 Å². The van der Waals surface area contributed by atoms with Gasteiger partial charge in [0.25, 0.3) is 0 Å². The standard InChI is InChI=1S/C28H26N4O2/c1-21-3-7-23(8-4-21)29-31-25-11-15-27(16-12-25)33-19-20-34-28-17-13-26(14-18-28)32-30-24-9-5-22(2)6-10-24/h3-18H,19-20H2,1-2H3. The second kappa shape index (κ2) is 11.5. The molecule has 0 unspecified atom stereocenters. The maximum Gasteiger partial charge on any atom is 0.122 e. The third kappa shape index (κ3) is 7.10. The summed E-state index contributed by atoms with van der Waals surface area (Å²) in [7, 11) is 0. The minimum Gasteiger partial charge on any atom is -0.490 e. The molecule has 0 aliphatic rings. The van der Waals surface area contributed by atoms with E-state index in [0.717, 1.165) is 34.2 Å². The van der Waals surface area contributed by atoms with Crippen LogP contribution in [0.5, 0.6) is 11.5 Å². The predicted molar refractivity (Wildman–Crippen MR) is 135 cm³/mol. The minimum atomic E-state index is 0.430. The van der Waals surface area contributed by atoms with Crippen LogP contribution < -0.4 is 9.47 Å². The van der Waals surface area contributed by atoms with Gasteiger partial charge < -0.3 is 9.47 Å². The quantitative estimate of drug-likeness (QED) is 0.189. The van der Waals surface area contributed by atoms with Crippen molar-refractivity contribution in [3.05, 3.63) is 108 Å². The molecule has 0 fully saturated rings. The van der Waals surface area contributed by atoms with Gasteiger partial charge in [-0.15, -0.1) is 0 Å². The van der Waals surface area contributed by atoms with Crippen molar-refractivity contribution >= 4 is 22.7 Å². The number of hydrogen-bond donors (Lipinski definition) is 0. The van der Waals surface area contributed by atoms with Crippen molar-refractivity contribution in [2.24, 2.45) is 20.5 Å². The minimum absolute atomic E-state index is 0.430. The molecule has 0 N–H and O–H groups in total. The van der Waals surface area contributed by atoms with E-state index in [0.29, 0.717) is 13.2 Å². The van der Waals surface area contributed by atoms with Gasteiger partial charge in [-0.1, -0.05) is 35.4 Å². The van der Waals surface area contributed by atoms with Crippen molar-refractivity contribution in [1.82, 2.24) is 0 Å². The number of rotatable bonds is 9. The number of ether oxygens (including phenoxy) is 2. The molecule has 6 nitrogen and oxygen atoms in total. The maximum atomic E-state index is 5.75. The third-order valence-corrected chi connectivity index (χ3v) is 4.92. The highest BCUT2D eigenvalue weighted by atomic mass is 16.5. The number of nitrogens with zero attached hydrogens (tertiary/aromatic N) is 4. The van der Waals surface area contributed by atoms with Crippen molar-refractivity contribution < 1.29 is 9.47 Å². The molecule has 0 aliphatic carbocycles. The Labute approximate surface area is 199 Å². The molecule has 0 radical (unpaired) electrons. The highest BCUT2D eigenvalue weighted by Crippen LogP contribution is 2.23. The van der Waals surface area contributed by atoms with Gasteiger partial charge in [-0.3, -0.25) is 0 Å². The first kappa shape index (κ1) is 22.9. The van der Waals surface area contributed by atoms with Gasteiger partial charge >= 0.3 is 0 Å². The maximum absolute atomic E-state index is 5.75. The van der Waals surface area contributed by atoms with E-state index in [1.54, 1.807) is 0 Å². The summed E-state index contributed by atoms with van der Waals surface area (Å²) in [4.78, 5) is 0. The summed E-state index contributed by atoms with van der Waals surface area (Å²) in [6.45, 7) is 4.95. The lowest BCUT2D eigenvalue weighted by atomic mass is 10.2. The van der Waals surface area contributed by atoms with Crippen LogP contribution in [0.4, 0.5) is 22.7 Å². The van der Waals surface area contributed by atoms with Crippen molar-refractivity contribution in [3.8, 4) is 11.5 Å². The van der Waals surface area contributed by atoms with Gasteiger partial charge in [0, 0.05) is 0 Å². The van der Waals surface area contributed by atoms with Gasteiger partial charge in [0.1, 0.15) is 24.7 Å². The molecule has 0 heterocycles. The van der Waals surface area contributed by atoms with E-state index in [9.17, 15) is 0 Å². The van der Waals surface area contributed by atoms with E-state index in [4.69, 9.17) is 9.47 Å². The molecule has 4 aromatic rings. The summed E-state index contributed by atoms with van der Waals surface area (Å²) < 4.78 is 11.5. The van der Waals surface area contributed by atoms with Crippen LogP contribution in [0.25, 0.3) is 0 Å². The second-order valence-corrected chi connectivity index (χ2v) is 7.76. The molecular formula is C28H26N4O2. The molecule has 4 rings (SSSR count). The Kier molecular flexibility index (Phi) is 7.74. The first-order valence-corrected chi connectivity index (χ1v) is 11.1. The monoisotopic (exact) mass is 450 g/mol. The van der Waals surface area contributed by atoms with Gasteiger partial charge in [0.15, 0.2) is 0 Å². The summed E-state index contributed by atoms with van der Waals surface area (Å²) in [5.41, 5.74) is 5.58. The molecule has 0 amide bonds. The number of azo groups is 2. The number of hydrogen-bond acceptors (Lipinski definition) is 6. The number of benzene rings is 4. The normalized spacial score (nSPS) is 11.2. The summed E-state index contributed by atoms with van der Waals surface area (Å²) >= 11 is 0. The molecule has 0 saturated heterocycles. The molecule has 6 heteroatoms. The lowest BCUT2D eigenvalue weighted by Crippen LogP contribution is -2.08. The van der Waals surface area contributed by atoms with Crippen LogP contribution in [0.3, 0.4) is 0 Å². The summed E-state index contributed by atoms with van der Waals surface area (Å²) in [6.07, 6.45) is 0. The van der Waals surface area contributed by atoms with Crippen LogP contribution >= 0.6 is 0 Å². The van der Waals surface area contributed by atoms with E-state index >= 15 is 0 Å². The first-order valence-electron chi connectivity index (χ1n) is 11.1. The molecule has 0 spiro atoms. The zero-order valence-electron chi connectivity index (χ0n) is 19.3. The van der Waals surface area contributed by atoms with E-state index in [2.05, 4.69) is 20.5 Å². The molecular weight excluding hydrogens is 424 g/mol. The molecule has 0 aliphatic heterocycles. The van der Waals surface area contributed by atoms with Gasteiger partial charge in [-0.25, -0.2) is 0 Å². The molecule has 0 atom stereocenters. The highest BCUT2D eigenvalue weighted by molar-refractivity contribution is 5.44. The predicted octanol–water partition coefficient (Wildman–Crippen LogP) is 8.59. The van der Waals surface area contributed by atoms with Gasteiger partial charge in [0.05, 0.1) is 22.7 Å². The molecule has 4 aromatic carbocycles. The van der Waals surface area contributed by atoms with E-state index < -0.39 is 0 Å². The van der Waals surface area contributed by atoms with Gasteiger partial charge in [-0.05, 0) is 86.6 Å². The van der Waals surface area contributed by atoms with Crippen LogP contribution in [0, 0.1) is 13.8 Å². The van der Waals surface area contributed by atoms with Crippen LogP contribution in [0.1, 0.15) is 11.1 Å². The average Bonchev–Trinajstić information content (AvgIpc) is 2.87. The highest BCUT2D eigenvalue weighted by Gasteiger charge is 1.98. The SMILES string of the molecule is Cc1ccc(N=Nc2ccc(OCCOc3ccc(N=Nc4ccc(C)cc4)cc3)cc2)cc1. The van der Waals surface area contributed by atoms with Crippen molar-refractivity contribution in [2.45, 2.75) is 13.8 Å². The fraction of sp³-hybridized carbons (Fsp3) is 0.143. The summed E-state index contributed by atoms with van der Waals surface area (Å²) in [6, 6.07) is 30.8. The van der Waals surface area contributed by atoms with Gasteiger partial charge in [-0.2, -0.15) is 20.5 Å². The lowest BCUT2D eigenvalue weighted by Gasteiger charge is -2.08. The Morgan fingerprint density at radius 1 is 0.412 bits per heavy atom. The molecule has 170 valence electrons. The topological polar surface area (TPSA) is 67.9 Å². The third-order valence-electron chi connectivity index (χ3n) is 4.92. The molecule has 0 saturated carbocycles. The fourth-order valence-electron chi connectivity index (χ4n) is 2.99. The van der Waals surface area contributed by atoms with E-state index in [1.165, 1.54) is 11.1 Å². The Bertz CT molecular complexity index is 1130. The average molecular weight is 451 g/mol. The zero-order chi connectivity index (χ0) is 23.6. The van der Waals surface area contributed by atoms with E-state index in [-0.39, 0.29) is 0 Å². The summed E-state index contributed by atoms with van der Waals surface area (Å²) in [5.74, 6) is 1.51. The van der Waals surface area contributed by atoms with Crippen molar-refractivity contribution in [1.29, 1.82) is 0 Å².